The van der Waals surface area contributed by atoms with E-state index in [0.717, 1.165) is 23.3 Å². The Hall–Kier alpha value is -2.37. The molecule has 1 heterocycles. The summed E-state index contributed by atoms with van der Waals surface area (Å²) in [5, 5.41) is 3.06. The summed E-state index contributed by atoms with van der Waals surface area (Å²) in [5.74, 6) is 0.674. The first-order chi connectivity index (χ1) is 12.2. The zero-order valence-electron chi connectivity index (χ0n) is 14.7. The molecule has 3 rings (SSSR count). The molecule has 132 valence electrons. The number of benzene rings is 2. The Morgan fingerprint density at radius 3 is 2.68 bits per heavy atom. The van der Waals surface area contributed by atoms with Crippen LogP contribution in [0.25, 0.3) is 0 Å². The minimum atomic E-state index is -0.165. The zero-order chi connectivity index (χ0) is 17.6. The number of carbonyl (C=O) groups is 1. The number of hydrogen-bond acceptors (Lipinski definition) is 4. The molecule has 1 aliphatic rings. The predicted molar refractivity (Wildman–Crippen MR) is 98.0 cm³/mol. The summed E-state index contributed by atoms with van der Waals surface area (Å²) in [6.45, 7) is 3.28. The van der Waals surface area contributed by atoms with Gasteiger partial charge in [0.05, 0.1) is 19.1 Å². The molecule has 2 unspecified atom stereocenters. The van der Waals surface area contributed by atoms with Crippen LogP contribution in [0.15, 0.2) is 48.5 Å². The van der Waals surface area contributed by atoms with Crippen LogP contribution in [0, 0.1) is 5.92 Å². The Morgan fingerprint density at radius 2 is 1.96 bits per heavy atom. The first kappa shape index (κ1) is 17.5. The van der Waals surface area contributed by atoms with Crippen molar-refractivity contribution in [1.82, 2.24) is 16.2 Å². The summed E-state index contributed by atoms with van der Waals surface area (Å²) in [7, 11) is 1.65. The van der Waals surface area contributed by atoms with E-state index in [2.05, 4.69) is 47.4 Å². The minimum Gasteiger partial charge on any atom is -0.497 e. The molecule has 5 heteroatoms. The fourth-order valence-corrected chi connectivity index (χ4v) is 3.11. The summed E-state index contributed by atoms with van der Waals surface area (Å²) in [4.78, 5) is 12.7. The van der Waals surface area contributed by atoms with Gasteiger partial charge in [0.1, 0.15) is 5.75 Å². The Bertz CT molecular complexity index is 715. The monoisotopic (exact) mass is 339 g/mol. The molecule has 0 aromatic heterocycles. The van der Waals surface area contributed by atoms with Crippen molar-refractivity contribution in [1.29, 1.82) is 0 Å². The van der Waals surface area contributed by atoms with Gasteiger partial charge in [-0.25, -0.2) is 5.43 Å². The minimum absolute atomic E-state index is 0.0462. The number of rotatable bonds is 6. The van der Waals surface area contributed by atoms with Gasteiger partial charge in [0.15, 0.2) is 0 Å². The van der Waals surface area contributed by atoms with Gasteiger partial charge in [-0.05, 0) is 35.2 Å². The first-order valence-electron chi connectivity index (χ1n) is 8.69. The summed E-state index contributed by atoms with van der Waals surface area (Å²) < 4.78 is 5.29. The van der Waals surface area contributed by atoms with Crippen LogP contribution in [0.5, 0.6) is 5.75 Å². The van der Waals surface area contributed by atoms with Gasteiger partial charge < -0.3 is 10.1 Å². The molecule has 1 saturated heterocycles. The number of amides is 1. The van der Waals surface area contributed by atoms with E-state index in [0.29, 0.717) is 13.1 Å². The molecule has 0 bridgehead atoms. The van der Waals surface area contributed by atoms with Crippen molar-refractivity contribution in [3.8, 4) is 5.75 Å². The molecule has 5 nitrogen and oxygen atoms in total. The van der Waals surface area contributed by atoms with Crippen molar-refractivity contribution in [2.45, 2.75) is 25.9 Å². The standard InChI is InChI=1S/C20H25N3O2/c1-3-14-7-9-15(10-8-14)12-21-20(24)18-13-22-23-19(18)16-5-4-6-17(11-16)25-2/h4-11,18-19,22-23H,3,12-13H2,1-2H3,(H,21,24). The number of aryl methyl sites for hydroxylation is 1. The smallest absolute Gasteiger partial charge is 0.226 e. The molecule has 0 radical (unpaired) electrons. The van der Waals surface area contributed by atoms with Gasteiger partial charge in [0, 0.05) is 13.1 Å². The largest absolute Gasteiger partial charge is 0.497 e. The summed E-state index contributed by atoms with van der Waals surface area (Å²) in [6, 6.07) is 16.1. The van der Waals surface area contributed by atoms with Crippen LogP contribution in [-0.2, 0) is 17.8 Å². The molecule has 1 fully saturated rings. The molecule has 0 saturated carbocycles. The summed E-state index contributed by atoms with van der Waals surface area (Å²) >= 11 is 0. The second-order valence-electron chi connectivity index (χ2n) is 6.27. The third kappa shape index (κ3) is 4.18. The van der Waals surface area contributed by atoms with Crippen LogP contribution in [0.1, 0.15) is 29.7 Å². The highest BCUT2D eigenvalue weighted by Gasteiger charge is 2.33. The van der Waals surface area contributed by atoms with Gasteiger partial charge in [-0.2, -0.15) is 0 Å². The highest BCUT2D eigenvalue weighted by Crippen LogP contribution is 2.27. The fraction of sp³-hybridized carbons (Fsp3) is 0.350. The Balaban J connectivity index is 1.63. The third-order valence-corrected chi connectivity index (χ3v) is 4.67. The Morgan fingerprint density at radius 1 is 1.20 bits per heavy atom. The van der Waals surface area contributed by atoms with E-state index in [1.165, 1.54) is 5.56 Å². The van der Waals surface area contributed by atoms with Crippen molar-refractivity contribution in [2.75, 3.05) is 13.7 Å². The molecule has 1 aliphatic heterocycles. The molecule has 0 aliphatic carbocycles. The van der Waals surface area contributed by atoms with Crippen molar-refractivity contribution in [3.63, 3.8) is 0 Å². The van der Waals surface area contributed by atoms with Crippen LogP contribution < -0.4 is 20.9 Å². The summed E-state index contributed by atoms with van der Waals surface area (Å²) in [5.41, 5.74) is 9.76. The van der Waals surface area contributed by atoms with E-state index in [1.807, 2.05) is 24.3 Å². The number of ether oxygens (including phenoxy) is 1. The predicted octanol–water partition coefficient (Wildman–Crippen LogP) is 2.34. The van der Waals surface area contributed by atoms with Gasteiger partial charge in [-0.15, -0.1) is 0 Å². The summed E-state index contributed by atoms with van der Waals surface area (Å²) in [6.07, 6.45) is 1.02. The lowest BCUT2D eigenvalue weighted by Gasteiger charge is -2.19. The lowest BCUT2D eigenvalue weighted by Crippen LogP contribution is -2.34. The average Bonchev–Trinajstić information content (AvgIpc) is 3.16. The molecular formula is C20H25N3O2. The maximum absolute atomic E-state index is 12.7. The van der Waals surface area contributed by atoms with Gasteiger partial charge in [-0.1, -0.05) is 43.3 Å². The number of hydrogen-bond donors (Lipinski definition) is 3. The third-order valence-electron chi connectivity index (χ3n) is 4.67. The second kappa shape index (κ2) is 8.14. The molecule has 2 aromatic rings. The van der Waals surface area contributed by atoms with Crippen LogP contribution in [-0.4, -0.2) is 19.6 Å². The lowest BCUT2D eigenvalue weighted by atomic mass is 9.94. The molecule has 1 amide bonds. The van der Waals surface area contributed by atoms with Gasteiger partial charge in [0.25, 0.3) is 0 Å². The quantitative estimate of drug-likeness (QED) is 0.756. The van der Waals surface area contributed by atoms with Gasteiger partial charge in [-0.3, -0.25) is 10.2 Å². The number of nitrogens with one attached hydrogen (secondary N) is 3. The van der Waals surface area contributed by atoms with Gasteiger partial charge >= 0.3 is 0 Å². The van der Waals surface area contributed by atoms with E-state index in [1.54, 1.807) is 7.11 Å². The number of hydrazine groups is 1. The van der Waals surface area contributed by atoms with Crippen molar-refractivity contribution >= 4 is 5.91 Å². The topological polar surface area (TPSA) is 62.4 Å². The fourth-order valence-electron chi connectivity index (χ4n) is 3.11. The van der Waals surface area contributed by atoms with E-state index >= 15 is 0 Å². The maximum Gasteiger partial charge on any atom is 0.226 e. The molecule has 2 atom stereocenters. The normalized spacial score (nSPS) is 19.6. The Kier molecular flexibility index (Phi) is 5.68. The molecule has 2 aromatic carbocycles. The van der Waals surface area contributed by atoms with Crippen LogP contribution in [0.3, 0.4) is 0 Å². The van der Waals surface area contributed by atoms with Crippen LogP contribution in [0.4, 0.5) is 0 Å². The molecule has 25 heavy (non-hydrogen) atoms. The van der Waals surface area contributed by atoms with Crippen molar-refractivity contribution in [2.24, 2.45) is 5.92 Å². The number of carbonyl (C=O) groups excluding carboxylic acids is 1. The van der Waals surface area contributed by atoms with E-state index < -0.39 is 0 Å². The second-order valence-corrected chi connectivity index (χ2v) is 6.27. The highest BCUT2D eigenvalue weighted by atomic mass is 16.5. The number of methoxy groups -OCH3 is 1. The van der Waals surface area contributed by atoms with Crippen molar-refractivity contribution < 1.29 is 9.53 Å². The van der Waals surface area contributed by atoms with E-state index in [4.69, 9.17) is 4.74 Å². The van der Waals surface area contributed by atoms with Crippen LogP contribution in [0.2, 0.25) is 0 Å². The zero-order valence-corrected chi connectivity index (χ0v) is 14.7. The van der Waals surface area contributed by atoms with E-state index in [-0.39, 0.29) is 17.9 Å². The lowest BCUT2D eigenvalue weighted by molar-refractivity contribution is -0.125. The van der Waals surface area contributed by atoms with Crippen LogP contribution >= 0.6 is 0 Å². The average molecular weight is 339 g/mol. The highest BCUT2D eigenvalue weighted by molar-refractivity contribution is 5.80. The Labute approximate surface area is 148 Å². The molecular weight excluding hydrogens is 314 g/mol. The van der Waals surface area contributed by atoms with E-state index in [9.17, 15) is 4.79 Å². The maximum atomic E-state index is 12.7. The SMILES string of the molecule is CCc1ccc(CNC(=O)C2CNNC2c2cccc(OC)c2)cc1. The first-order valence-corrected chi connectivity index (χ1v) is 8.69. The van der Waals surface area contributed by atoms with Crippen molar-refractivity contribution in [3.05, 3.63) is 65.2 Å². The van der Waals surface area contributed by atoms with Gasteiger partial charge in [0.2, 0.25) is 5.91 Å². The molecule has 0 spiro atoms. The molecule has 3 N–H and O–H groups in total.